The Morgan fingerprint density at radius 1 is 1.33 bits per heavy atom. The molecular weight excluding hydrogens is 382 g/mol. The van der Waals surface area contributed by atoms with E-state index >= 15 is 0 Å². The number of aliphatic hydroxyl groups is 1. The maximum absolute atomic E-state index is 12.6. The van der Waals surface area contributed by atoms with Crippen LogP contribution < -0.4 is 4.74 Å². The second-order valence-corrected chi connectivity index (χ2v) is 10.2. The zero-order chi connectivity index (χ0) is 21.5. The molecule has 3 heterocycles. The van der Waals surface area contributed by atoms with Crippen LogP contribution in [-0.4, -0.2) is 53.1 Å². The molecule has 4 rings (SSSR count). The lowest BCUT2D eigenvalue weighted by Crippen LogP contribution is -2.57. The monoisotopic (exact) mass is 417 g/mol. The minimum absolute atomic E-state index is 0.00651. The van der Waals surface area contributed by atoms with Crippen LogP contribution in [0.3, 0.4) is 0 Å². The fraction of sp³-hybridized carbons (Fsp3) is 0.708. The van der Waals surface area contributed by atoms with E-state index in [1.807, 2.05) is 43.9 Å². The van der Waals surface area contributed by atoms with Gasteiger partial charge < -0.3 is 24.2 Å². The number of benzene rings is 1. The number of nitrogens with zero attached hydrogens (tertiary/aromatic N) is 1. The molecule has 0 unspecified atom stereocenters. The summed E-state index contributed by atoms with van der Waals surface area (Å²) in [6.45, 7) is 9.31. The van der Waals surface area contributed by atoms with Crippen LogP contribution in [0.1, 0.15) is 65.0 Å². The lowest BCUT2D eigenvalue weighted by atomic mass is 9.68. The molecule has 1 aromatic carbocycles. The molecule has 6 heteroatoms. The van der Waals surface area contributed by atoms with Crippen LogP contribution in [0.2, 0.25) is 0 Å². The minimum atomic E-state index is -0.494. The van der Waals surface area contributed by atoms with Crippen molar-refractivity contribution in [1.29, 1.82) is 0 Å². The number of carbonyl (C=O) groups is 1. The summed E-state index contributed by atoms with van der Waals surface area (Å²) in [6.07, 6.45) is 3.12. The lowest BCUT2D eigenvalue weighted by molar-refractivity contribution is -0.191. The third-order valence-electron chi connectivity index (χ3n) is 6.74. The maximum Gasteiger partial charge on any atom is 0.410 e. The van der Waals surface area contributed by atoms with Crippen molar-refractivity contribution in [2.45, 2.75) is 76.8 Å². The molecule has 0 aliphatic carbocycles. The van der Waals surface area contributed by atoms with E-state index < -0.39 is 11.2 Å². The largest absolute Gasteiger partial charge is 0.487 e. The molecule has 1 N–H and O–H groups in total. The Morgan fingerprint density at radius 3 is 2.83 bits per heavy atom. The standard InChI is InChI=1S/C24H35NO5/c1-23(2,3)30-22(27)25-12-10-19-16(15-25)14-18-21(28-19)17-8-5-6-9-20(17)29-24(18,4)11-7-13-26/h5-6,8-9,16,18-19,21,26H,7,10-15H2,1-4H3/t16-,18-,19-,21+,24+/m0/s1. The summed E-state index contributed by atoms with van der Waals surface area (Å²) in [7, 11) is 0. The Balaban J connectivity index is 1.55. The van der Waals surface area contributed by atoms with Gasteiger partial charge in [-0.25, -0.2) is 4.79 Å². The van der Waals surface area contributed by atoms with E-state index in [1.165, 1.54) is 0 Å². The average Bonchev–Trinajstić information content (AvgIpc) is 2.70. The summed E-state index contributed by atoms with van der Waals surface area (Å²) in [5.41, 5.74) is 0.226. The minimum Gasteiger partial charge on any atom is -0.487 e. The summed E-state index contributed by atoms with van der Waals surface area (Å²) in [4.78, 5) is 14.4. The second kappa shape index (κ2) is 8.04. The molecule has 5 atom stereocenters. The number of para-hydroxylation sites is 1. The van der Waals surface area contributed by atoms with Crippen LogP contribution in [0.25, 0.3) is 0 Å². The topological polar surface area (TPSA) is 68.2 Å². The summed E-state index contributed by atoms with van der Waals surface area (Å²) in [6, 6.07) is 8.16. The second-order valence-electron chi connectivity index (χ2n) is 10.2. The number of piperidine rings is 1. The molecule has 1 amide bonds. The van der Waals surface area contributed by atoms with E-state index in [1.54, 1.807) is 0 Å². The predicted molar refractivity (Wildman–Crippen MR) is 113 cm³/mol. The molecule has 0 aromatic heterocycles. The van der Waals surface area contributed by atoms with Crippen molar-refractivity contribution >= 4 is 6.09 Å². The number of fused-ring (bicyclic) bond motifs is 4. The highest BCUT2D eigenvalue weighted by Gasteiger charge is 2.53. The van der Waals surface area contributed by atoms with Gasteiger partial charge in [0, 0.05) is 37.1 Å². The zero-order valence-electron chi connectivity index (χ0n) is 18.6. The average molecular weight is 418 g/mol. The van der Waals surface area contributed by atoms with E-state index in [9.17, 15) is 9.90 Å². The van der Waals surface area contributed by atoms with Crippen molar-refractivity contribution < 1.29 is 24.1 Å². The van der Waals surface area contributed by atoms with Gasteiger partial charge in [0.1, 0.15) is 17.0 Å². The van der Waals surface area contributed by atoms with Gasteiger partial charge in [0.05, 0.1) is 12.2 Å². The Hall–Kier alpha value is -1.79. The molecule has 2 fully saturated rings. The van der Waals surface area contributed by atoms with Crippen LogP contribution in [0.15, 0.2) is 24.3 Å². The summed E-state index contributed by atoms with van der Waals surface area (Å²) in [5.74, 6) is 1.33. The van der Waals surface area contributed by atoms with Crippen molar-refractivity contribution in [3.8, 4) is 5.75 Å². The Kier molecular flexibility index (Phi) is 5.75. The van der Waals surface area contributed by atoms with Gasteiger partial charge in [-0.15, -0.1) is 0 Å². The number of carbonyl (C=O) groups excluding carboxylic acids is 1. The number of hydrogen-bond acceptors (Lipinski definition) is 5. The van der Waals surface area contributed by atoms with Crippen molar-refractivity contribution in [2.75, 3.05) is 19.7 Å². The van der Waals surface area contributed by atoms with E-state index in [-0.39, 0.29) is 36.7 Å². The molecule has 3 aliphatic heterocycles. The molecule has 2 saturated heterocycles. The summed E-state index contributed by atoms with van der Waals surface area (Å²) < 4.78 is 18.8. The Bertz CT molecular complexity index is 775. The van der Waals surface area contributed by atoms with Gasteiger partial charge >= 0.3 is 6.09 Å². The first-order valence-electron chi connectivity index (χ1n) is 11.2. The molecule has 166 valence electrons. The highest BCUT2D eigenvalue weighted by atomic mass is 16.6. The third kappa shape index (κ3) is 4.17. The number of rotatable bonds is 3. The first-order valence-corrected chi connectivity index (χ1v) is 11.2. The van der Waals surface area contributed by atoms with E-state index in [0.29, 0.717) is 19.5 Å². The van der Waals surface area contributed by atoms with Crippen LogP contribution in [-0.2, 0) is 9.47 Å². The van der Waals surface area contributed by atoms with Gasteiger partial charge in [0.15, 0.2) is 0 Å². The molecule has 30 heavy (non-hydrogen) atoms. The van der Waals surface area contributed by atoms with Crippen LogP contribution in [0, 0.1) is 11.8 Å². The fourth-order valence-electron chi connectivity index (χ4n) is 5.30. The van der Waals surface area contributed by atoms with Gasteiger partial charge in [-0.05, 0) is 59.4 Å². The molecule has 6 nitrogen and oxygen atoms in total. The lowest BCUT2D eigenvalue weighted by Gasteiger charge is -2.54. The van der Waals surface area contributed by atoms with Crippen molar-refractivity contribution in [1.82, 2.24) is 4.90 Å². The van der Waals surface area contributed by atoms with Crippen molar-refractivity contribution in [2.24, 2.45) is 11.8 Å². The van der Waals surface area contributed by atoms with Crippen molar-refractivity contribution in [3.63, 3.8) is 0 Å². The first kappa shape index (κ1) is 21.4. The third-order valence-corrected chi connectivity index (χ3v) is 6.74. The molecule has 0 bridgehead atoms. The van der Waals surface area contributed by atoms with E-state index in [0.717, 1.165) is 30.6 Å². The number of amides is 1. The van der Waals surface area contributed by atoms with E-state index in [2.05, 4.69) is 13.0 Å². The highest BCUT2D eigenvalue weighted by molar-refractivity contribution is 5.68. The molecule has 0 radical (unpaired) electrons. The van der Waals surface area contributed by atoms with Crippen LogP contribution in [0.5, 0.6) is 5.75 Å². The molecule has 0 saturated carbocycles. The summed E-state index contributed by atoms with van der Waals surface area (Å²) in [5, 5.41) is 9.43. The van der Waals surface area contributed by atoms with Gasteiger partial charge in [0.25, 0.3) is 0 Å². The smallest absolute Gasteiger partial charge is 0.410 e. The quantitative estimate of drug-likeness (QED) is 0.794. The van der Waals surface area contributed by atoms with Gasteiger partial charge in [0.2, 0.25) is 0 Å². The van der Waals surface area contributed by atoms with E-state index in [4.69, 9.17) is 14.2 Å². The van der Waals surface area contributed by atoms with Gasteiger partial charge in [-0.3, -0.25) is 0 Å². The van der Waals surface area contributed by atoms with Gasteiger partial charge in [-0.1, -0.05) is 18.2 Å². The normalized spacial score (nSPS) is 33.0. The number of aliphatic hydroxyl groups excluding tert-OH is 1. The molecule has 1 aromatic rings. The zero-order valence-corrected chi connectivity index (χ0v) is 18.6. The predicted octanol–water partition coefficient (Wildman–Crippen LogP) is 4.31. The highest BCUT2D eigenvalue weighted by Crippen LogP contribution is 2.54. The van der Waals surface area contributed by atoms with Crippen LogP contribution in [0.4, 0.5) is 4.79 Å². The van der Waals surface area contributed by atoms with Crippen LogP contribution >= 0.6 is 0 Å². The first-order chi connectivity index (χ1) is 14.2. The Morgan fingerprint density at radius 2 is 2.10 bits per heavy atom. The maximum atomic E-state index is 12.6. The molecule has 0 spiro atoms. The number of likely N-dealkylation sites (tertiary alicyclic amines) is 1. The fourth-order valence-corrected chi connectivity index (χ4v) is 5.30. The SMILES string of the molecule is CC(C)(C)OC(=O)N1CC[C@@H]2O[C@@H]3c4ccccc4O[C@](C)(CCCO)[C@H]3C[C@H]2C1. The molecule has 3 aliphatic rings. The summed E-state index contributed by atoms with van der Waals surface area (Å²) >= 11 is 0. The van der Waals surface area contributed by atoms with Gasteiger partial charge in [-0.2, -0.15) is 0 Å². The number of ether oxygens (including phenoxy) is 3. The Labute approximate surface area is 179 Å². The van der Waals surface area contributed by atoms with Crippen molar-refractivity contribution in [3.05, 3.63) is 29.8 Å². The number of hydrogen-bond donors (Lipinski definition) is 1. The molecular formula is C24H35NO5.